The van der Waals surface area contributed by atoms with Crippen LogP contribution < -0.4 is 4.74 Å². The van der Waals surface area contributed by atoms with Gasteiger partial charge in [0.15, 0.2) is 17.1 Å². The van der Waals surface area contributed by atoms with Crippen LogP contribution in [0.4, 0.5) is 0 Å². The monoisotopic (exact) mass is 415 g/mol. The average Bonchev–Trinajstić information content (AvgIpc) is 3.11. The van der Waals surface area contributed by atoms with Crippen molar-refractivity contribution in [2.45, 2.75) is 57.2 Å². The quantitative estimate of drug-likeness (QED) is 0.393. The summed E-state index contributed by atoms with van der Waals surface area (Å²) >= 11 is 7.90. The van der Waals surface area contributed by atoms with Gasteiger partial charge in [-0.1, -0.05) is 67.5 Å². The summed E-state index contributed by atoms with van der Waals surface area (Å²) in [6.45, 7) is 9.26. The lowest BCUT2D eigenvalue weighted by atomic mass is 10.0. The van der Waals surface area contributed by atoms with Gasteiger partial charge in [-0.25, -0.2) is 0 Å². The number of benzene rings is 2. The molecule has 0 aliphatic heterocycles. The Morgan fingerprint density at radius 3 is 2.39 bits per heavy atom. The van der Waals surface area contributed by atoms with Gasteiger partial charge in [0.25, 0.3) is 0 Å². The van der Waals surface area contributed by atoms with Crippen molar-refractivity contribution < 1.29 is 4.74 Å². The molecule has 0 N–H and O–H groups in total. The Hall–Kier alpha value is -1.98. The molecule has 1 heterocycles. The third-order valence-corrected chi connectivity index (χ3v) is 5.98. The van der Waals surface area contributed by atoms with Gasteiger partial charge in [0, 0.05) is 17.3 Å². The van der Waals surface area contributed by atoms with E-state index in [1.807, 2.05) is 43.3 Å². The van der Waals surface area contributed by atoms with E-state index in [4.69, 9.17) is 16.3 Å². The molecular formula is C22H26ClN3OS. The molecule has 1 unspecified atom stereocenters. The van der Waals surface area contributed by atoms with Crippen molar-refractivity contribution in [3.63, 3.8) is 0 Å². The van der Waals surface area contributed by atoms with Gasteiger partial charge in [-0.05, 0) is 49.1 Å². The maximum Gasteiger partial charge on any atom is 0.191 e. The molecule has 0 bridgehead atoms. The van der Waals surface area contributed by atoms with E-state index in [1.54, 1.807) is 11.8 Å². The molecule has 0 fully saturated rings. The van der Waals surface area contributed by atoms with E-state index in [0.29, 0.717) is 5.92 Å². The second kappa shape index (κ2) is 9.48. The Morgan fingerprint density at radius 2 is 1.75 bits per heavy atom. The van der Waals surface area contributed by atoms with Crippen LogP contribution >= 0.6 is 23.4 Å². The highest BCUT2D eigenvalue weighted by molar-refractivity contribution is 7.98. The highest BCUT2D eigenvalue weighted by Gasteiger charge is 2.19. The van der Waals surface area contributed by atoms with Gasteiger partial charge in [0.2, 0.25) is 0 Å². The van der Waals surface area contributed by atoms with Gasteiger partial charge < -0.3 is 9.30 Å². The maximum absolute atomic E-state index is 6.26. The lowest BCUT2D eigenvalue weighted by Gasteiger charge is -2.16. The maximum atomic E-state index is 6.26. The fourth-order valence-electron chi connectivity index (χ4n) is 2.95. The molecule has 0 amide bonds. The molecule has 28 heavy (non-hydrogen) atoms. The van der Waals surface area contributed by atoms with Crippen LogP contribution in [0.2, 0.25) is 5.02 Å². The summed E-state index contributed by atoms with van der Waals surface area (Å²) in [4.78, 5) is 0. The van der Waals surface area contributed by atoms with Gasteiger partial charge >= 0.3 is 0 Å². The first-order chi connectivity index (χ1) is 13.5. The van der Waals surface area contributed by atoms with Crippen LogP contribution in [-0.2, 0) is 12.3 Å². The Labute approximate surface area is 176 Å². The second-order valence-electron chi connectivity index (χ2n) is 6.95. The first-order valence-electron chi connectivity index (χ1n) is 9.55. The molecule has 3 aromatic rings. The van der Waals surface area contributed by atoms with Gasteiger partial charge in [0.1, 0.15) is 5.75 Å². The minimum absolute atomic E-state index is 0.188. The second-order valence-corrected chi connectivity index (χ2v) is 8.30. The molecular weight excluding hydrogens is 390 g/mol. The van der Waals surface area contributed by atoms with Crippen LogP contribution in [0.3, 0.4) is 0 Å². The van der Waals surface area contributed by atoms with Gasteiger partial charge in [-0.3, -0.25) is 0 Å². The van der Waals surface area contributed by atoms with E-state index in [0.717, 1.165) is 39.6 Å². The fraction of sp³-hybridized carbons (Fsp3) is 0.364. The first kappa shape index (κ1) is 20.7. The zero-order chi connectivity index (χ0) is 20.1. The fourth-order valence-corrected chi connectivity index (χ4v) is 4.25. The Bertz CT molecular complexity index is 908. The lowest BCUT2D eigenvalue weighted by Crippen LogP contribution is -2.12. The summed E-state index contributed by atoms with van der Waals surface area (Å²) in [6.07, 6.45) is -0.188. The predicted octanol–water partition coefficient (Wildman–Crippen LogP) is 6.51. The molecule has 0 aliphatic carbocycles. The zero-order valence-electron chi connectivity index (χ0n) is 16.7. The summed E-state index contributed by atoms with van der Waals surface area (Å²) < 4.78 is 8.22. The van der Waals surface area contributed by atoms with Crippen molar-refractivity contribution in [3.05, 3.63) is 70.5 Å². The van der Waals surface area contributed by atoms with Crippen LogP contribution in [0.5, 0.6) is 5.75 Å². The largest absolute Gasteiger partial charge is 0.483 e. The highest BCUT2D eigenvalue weighted by Crippen LogP contribution is 2.29. The van der Waals surface area contributed by atoms with Crippen LogP contribution in [-0.4, -0.2) is 14.8 Å². The molecule has 1 aromatic heterocycles. The molecule has 0 saturated carbocycles. The number of nitrogens with zero attached hydrogens (tertiary/aromatic N) is 3. The van der Waals surface area contributed by atoms with E-state index in [1.165, 1.54) is 5.56 Å². The van der Waals surface area contributed by atoms with Crippen LogP contribution in [0.1, 0.15) is 56.7 Å². The predicted molar refractivity (Wildman–Crippen MR) is 116 cm³/mol. The number of halogens is 1. The van der Waals surface area contributed by atoms with Crippen LogP contribution in [0.15, 0.2) is 53.7 Å². The molecule has 0 radical (unpaired) electrons. The van der Waals surface area contributed by atoms with E-state index >= 15 is 0 Å². The summed E-state index contributed by atoms with van der Waals surface area (Å²) in [5, 5.41) is 10.4. The van der Waals surface area contributed by atoms with Crippen molar-refractivity contribution in [2.75, 3.05) is 0 Å². The van der Waals surface area contributed by atoms with E-state index in [9.17, 15) is 0 Å². The molecule has 3 rings (SSSR count). The topological polar surface area (TPSA) is 39.9 Å². The SMILES string of the molecule is CCn1c(SCc2ccccc2Cl)nnc1C(C)Oc1ccc(C(C)C)cc1. The number of hydrogen-bond donors (Lipinski definition) is 0. The van der Waals surface area contributed by atoms with Crippen molar-refractivity contribution in [1.29, 1.82) is 0 Å². The van der Waals surface area contributed by atoms with E-state index < -0.39 is 0 Å². The highest BCUT2D eigenvalue weighted by atomic mass is 35.5. The van der Waals surface area contributed by atoms with Crippen molar-refractivity contribution in [1.82, 2.24) is 14.8 Å². The van der Waals surface area contributed by atoms with Crippen molar-refractivity contribution in [2.24, 2.45) is 0 Å². The van der Waals surface area contributed by atoms with Crippen molar-refractivity contribution in [3.8, 4) is 5.75 Å². The molecule has 148 valence electrons. The smallest absolute Gasteiger partial charge is 0.191 e. The lowest BCUT2D eigenvalue weighted by molar-refractivity contribution is 0.210. The summed E-state index contributed by atoms with van der Waals surface area (Å²) in [5.74, 6) is 2.93. The molecule has 0 aliphatic rings. The van der Waals surface area contributed by atoms with E-state index in [2.05, 4.69) is 47.7 Å². The Kier molecular flexibility index (Phi) is 7.03. The molecule has 4 nitrogen and oxygen atoms in total. The van der Waals surface area contributed by atoms with E-state index in [-0.39, 0.29) is 6.10 Å². The number of thioether (sulfide) groups is 1. The molecule has 0 spiro atoms. The third kappa shape index (κ3) is 4.89. The van der Waals surface area contributed by atoms with Crippen LogP contribution in [0.25, 0.3) is 0 Å². The minimum atomic E-state index is -0.188. The summed E-state index contributed by atoms with van der Waals surface area (Å²) in [7, 11) is 0. The number of rotatable bonds is 8. The Balaban J connectivity index is 1.70. The summed E-state index contributed by atoms with van der Waals surface area (Å²) in [6, 6.07) is 16.2. The van der Waals surface area contributed by atoms with Crippen molar-refractivity contribution >= 4 is 23.4 Å². The summed E-state index contributed by atoms with van der Waals surface area (Å²) in [5.41, 5.74) is 2.39. The number of aromatic nitrogens is 3. The minimum Gasteiger partial charge on any atom is -0.483 e. The third-order valence-electron chi connectivity index (χ3n) is 4.60. The molecule has 2 aromatic carbocycles. The molecule has 1 atom stereocenters. The first-order valence-corrected chi connectivity index (χ1v) is 10.9. The number of hydrogen-bond acceptors (Lipinski definition) is 4. The molecule has 0 saturated heterocycles. The van der Waals surface area contributed by atoms with Gasteiger partial charge in [-0.2, -0.15) is 0 Å². The average molecular weight is 416 g/mol. The van der Waals surface area contributed by atoms with Gasteiger partial charge in [0.05, 0.1) is 0 Å². The van der Waals surface area contributed by atoms with Crippen LogP contribution in [0, 0.1) is 0 Å². The zero-order valence-corrected chi connectivity index (χ0v) is 18.3. The standard InChI is InChI=1S/C22H26ClN3OS/c1-5-26-21(16(4)27-19-12-10-17(11-13-19)15(2)3)24-25-22(26)28-14-18-8-6-7-9-20(18)23/h6-13,15-16H,5,14H2,1-4H3. The molecule has 6 heteroatoms. The van der Waals surface area contributed by atoms with Gasteiger partial charge in [-0.15, -0.1) is 10.2 Å². The normalized spacial score (nSPS) is 12.4. The number of ether oxygens (including phenoxy) is 1. The Morgan fingerprint density at radius 1 is 1.04 bits per heavy atom.